The highest BCUT2D eigenvalue weighted by atomic mass is 32.2. The van der Waals surface area contributed by atoms with E-state index in [0.717, 1.165) is 0 Å². The van der Waals surface area contributed by atoms with Crippen LogP contribution in [0.4, 0.5) is 0 Å². The fraction of sp³-hybridized carbons (Fsp3) is 0.735. The first-order valence-electron chi connectivity index (χ1n) is 27.0. The number of carbonyl (C=O) groups is 12. The minimum atomic E-state index is -1.80. The quantitative estimate of drug-likeness (QED) is 0.0154. The van der Waals surface area contributed by atoms with Crippen LogP contribution in [-0.2, 0) is 57.5 Å². The molecule has 0 heterocycles. The number of carboxylic acids is 3. The molecule has 0 aromatic rings. The fourth-order valence-corrected chi connectivity index (χ4v) is 8.22. The number of thioether (sulfide) groups is 1. The van der Waals surface area contributed by atoms with Crippen molar-refractivity contribution in [3.8, 4) is 0 Å². The predicted molar refractivity (Wildman–Crippen MR) is 300 cm³/mol. The summed E-state index contributed by atoms with van der Waals surface area (Å²) in [6, 6.07) is -12.9. The van der Waals surface area contributed by atoms with Crippen LogP contribution in [0.15, 0.2) is 4.99 Å². The summed E-state index contributed by atoms with van der Waals surface area (Å²) in [4.78, 5) is 162. The molecule has 9 amide bonds. The molecule has 0 unspecified atom stereocenters. The average molecular weight is 1180 g/mol. The lowest BCUT2D eigenvalue weighted by molar-refractivity contribution is -0.143. The zero-order valence-corrected chi connectivity index (χ0v) is 47.5. The lowest BCUT2D eigenvalue weighted by Gasteiger charge is -2.29. The highest BCUT2D eigenvalue weighted by Gasteiger charge is 2.36. The van der Waals surface area contributed by atoms with Crippen LogP contribution >= 0.6 is 11.8 Å². The van der Waals surface area contributed by atoms with Crippen molar-refractivity contribution < 1.29 is 72.9 Å². The van der Waals surface area contributed by atoms with Crippen LogP contribution in [0.5, 0.6) is 0 Å². The van der Waals surface area contributed by atoms with E-state index in [1.807, 2.05) is 0 Å². The molecule has 81 heavy (non-hydrogen) atoms. The van der Waals surface area contributed by atoms with Gasteiger partial charge in [-0.2, -0.15) is 11.8 Å². The molecule has 31 nitrogen and oxygen atoms in total. The van der Waals surface area contributed by atoms with Crippen molar-refractivity contribution in [1.29, 1.82) is 0 Å². The van der Waals surface area contributed by atoms with Crippen molar-refractivity contribution in [3.05, 3.63) is 0 Å². The third kappa shape index (κ3) is 32.8. The van der Waals surface area contributed by atoms with Gasteiger partial charge in [-0.25, -0.2) is 4.79 Å². The molecule has 0 bridgehead atoms. The van der Waals surface area contributed by atoms with Crippen LogP contribution in [0.25, 0.3) is 0 Å². The Labute approximate surface area is 475 Å². The molecule has 0 aliphatic rings. The fourth-order valence-electron chi connectivity index (χ4n) is 7.75. The molecule has 0 saturated heterocycles. The summed E-state index contributed by atoms with van der Waals surface area (Å²) in [7, 11) is 0. The van der Waals surface area contributed by atoms with Crippen LogP contribution in [0.3, 0.4) is 0 Å². The molecular formula is C49H90N16O15S. The SMILES string of the molecule is CSCC[C@H](NC(=O)[C@@H](N)CCCCN)C(=O)N[C@@H](CCCN=C(N)N)C(=O)N[C@H](C(=O)N[C@@H](CCCCN)C(=O)N[C@@H](CCC(N)=O)C(=O)N[C@@H](CCC(=O)O)C(=O)N[C@@H](CCC(=O)O)C(=O)N[C@@H](CCCCN)C(=O)O)C(C)C. The van der Waals surface area contributed by atoms with Crippen molar-refractivity contribution in [1.82, 2.24) is 42.5 Å². The second-order valence-electron chi connectivity index (χ2n) is 19.6. The van der Waals surface area contributed by atoms with Crippen molar-refractivity contribution in [2.75, 3.05) is 38.2 Å². The largest absolute Gasteiger partial charge is 0.481 e. The summed E-state index contributed by atoms with van der Waals surface area (Å²) >= 11 is 1.41. The minimum absolute atomic E-state index is 0.0511. The van der Waals surface area contributed by atoms with Gasteiger partial charge >= 0.3 is 17.9 Å². The van der Waals surface area contributed by atoms with Gasteiger partial charge in [0.15, 0.2) is 5.96 Å². The van der Waals surface area contributed by atoms with E-state index in [9.17, 15) is 72.9 Å². The topological polar surface area (TPSA) is 556 Å². The number of hydrogen-bond acceptors (Lipinski definition) is 18. The third-order valence-corrected chi connectivity index (χ3v) is 13.0. The van der Waals surface area contributed by atoms with Gasteiger partial charge in [0.05, 0.1) is 6.04 Å². The maximum atomic E-state index is 14.2. The molecule has 32 heteroatoms. The summed E-state index contributed by atoms with van der Waals surface area (Å²) in [5, 5.41) is 48.5. The Balaban J connectivity index is 6.94. The minimum Gasteiger partial charge on any atom is -0.481 e. The first-order valence-corrected chi connectivity index (χ1v) is 28.4. The van der Waals surface area contributed by atoms with Crippen LogP contribution in [-0.4, -0.2) is 185 Å². The van der Waals surface area contributed by atoms with E-state index in [0.29, 0.717) is 50.8 Å². The predicted octanol–water partition coefficient (Wildman–Crippen LogP) is -4.88. The number of nitrogens with two attached hydrogens (primary N) is 7. The summed E-state index contributed by atoms with van der Waals surface area (Å²) in [6.07, 6.45) is 1.06. The number of primary amides is 1. The normalized spacial score (nSPS) is 14.4. The number of amides is 9. The number of hydrogen-bond donors (Lipinski definition) is 18. The summed E-state index contributed by atoms with van der Waals surface area (Å²) in [6.45, 7) is 4.04. The standard InChI is InChI=1S/C49H90N16O15S/c1-27(2)39(65-46(77)30(14-10-25-57-49(55)56)59-45(76)34(21-26-81-3)58-40(71)28(53)11-4-7-22-50)47(78)63-29(12-5-8-23-51)41(72)60-31(15-18-36(54)66)42(73)61-32(16-19-37(67)68)43(74)62-33(17-20-38(69)70)44(75)64-35(48(79)80)13-6-9-24-52/h27-35,39H,4-26,50-53H2,1-3H3,(H2,54,66)(H,58,71)(H,59,76)(H,60,72)(H,61,73)(H,62,74)(H,63,78)(H,64,75)(H,65,77)(H,67,68)(H,69,70)(H,79,80)(H4,55,56,57)/t28-,29-,30-,31-,32-,33-,34-,35-,39-/m0/s1. The van der Waals surface area contributed by atoms with E-state index in [4.69, 9.17) is 40.1 Å². The molecular weight excluding hydrogens is 1080 g/mol. The van der Waals surface area contributed by atoms with E-state index in [1.165, 1.54) is 11.8 Å². The van der Waals surface area contributed by atoms with Gasteiger partial charge in [0.25, 0.3) is 0 Å². The smallest absolute Gasteiger partial charge is 0.326 e. The monoisotopic (exact) mass is 1170 g/mol. The number of carboxylic acid groups (broad SMARTS) is 3. The number of nitrogens with one attached hydrogen (secondary N) is 8. The summed E-state index contributed by atoms with van der Waals surface area (Å²) in [5.41, 5.74) is 39.3. The second-order valence-corrected chi connectivity index (χ2v) is 20.5. The molecule has 0 aliphatic carbocycles. The Kier molecular flexibility index (Phi) is 38.4. The first kappa shape index (κ1) is 74.1. The lowest BCUT2D eigenvalue weighted by atomic mass is 10.00. The third-order valence-electron chi connectivity index (χ3n) is 12.4. The van der Waals surface area contributed by atoms with Gasteiger partial charge in [0.2, 0.25) is 53.2 Å². The highest BCUT2D eigenvalue weighted by Crippen LogP contribution is 2.13. The zero-order chi connectivity index (χ0) is 61.6. The van der Waals surface area contributed by atoms with Crippen LogP contribution in [0, 0.1) is 5.92 Å². The first-order chi connectivity index (χ1) is 38.2. The number of aliphatic carboxylic acids is 3. The van der Waals surface area contributed by atoms with Crippen LogP contribution in [0.1, 0.15) is 129 Å². The maximum Gasteiger partial charge on any atom is 0.326 e. The van der Waals surface area contributed by atoms with Crippen molar-refractivity contribution in [2.24, 2.45) is 51.0 Å². The molecule has 0 spiro atoms. The van der Waals surface area contributed by atoms with Gasteiger partial charge in [0.1, 0.15) is 48.3 Å². The van der Waals surface area contributed by atoms with E-state index in [-0.39, 0.29) is 64.1 Å². The van der Waals surface area contributed by atoms with Gasteiger partial charge in [-0.1, -0.05) is 20.3 Å². The highest BCUT2D eigenvalue weighted by molar-refractivity contribution is 7.98. The molecule has 9 atom stereocenters. The molecule has 0 rings (SSSR count). The molecule has 462 valence electrons. The van der Waals surface area contributed by atoms with Gasteiger partial charge in [-0.15, -0.1) is 0 Å². The molecule has 25 N–H and O–H groups in total. The number of nitrogens with zero attached hydrogens (tertiary/aromatic N) is 1. The van der Waals surface area contributed by atoms with Crippen LogP contribution < -0.4 is 82.7 Å². The van der Waals surface area contributed by atoms with Crippen molar-refractivity contribution >= 4 is 88.8 Å². The average Bonchev–Trinajstić information content (AvgIpc) is 3.40. The van der Waals surface area contributed by atoms with E-state index in [1.54, 1.807) is 20.1 Å². The van der Waals surface area contributed by atoms with Gasteiger partial charge in [0, 0.05) is 25.8 Å². The number of carbonyl (C=O) groups excluding carboxylic acids is 9. The number of rotatable bonds is 46. The van der Waals surface area contributed by atoms with Gasteiger partial charge in [-0.05, 0) is 127 Å². The van der Waals surface area contributed by atoms with E-state index in [2.05, 4.69) is 47.5 Å². The lowest BCUT2D eigenvalue weighted by Crippen LogP contribution is -2.61. The number of guanidine groups is 1. The maximum absolute atomic E-state index is 14.2. The van der Waals surface area contributed by atoms with Gasteiger partial charge < -0.3 is 98.0 Å². The molecule has 0 aromatic heterocycles. The summed E-state index contributed by atoms with van der Waals surface area (Å²) in [5.74, 6) is -13.1. The number of aliphatic imine (C=N–C) groups is 1. The molecule has 0 radical (unpaired) electrons. The summed E-state index contributed by atoms with van der Waals surface area (Å²) < 4.78 is 0. The van der Waals surface area contributed by atoms with Crippen LogP contribution in [0.2, 0.25) is 0 Å². The molecule has 0 fully saturated rings. The Hall–Kier alpha value is -6.90. The van der Waals surface area contributed by atoms with E-state index >= 15 is 0 Å². The van der Waals surface area contributed by atoms with Crippen molar-refractivity contribution in [3.63, 3.8) is 0 Å². The second kappa shape index (κ2) is 42.0. The zero-order valence-electron chi connectivity index (χ0n) is 46.7. The van der Waals surface area contributed by atoms with Crippen molar-refractivity contribution in [2.45, 2.75) is 184 Å². The Bertz CT molecular complexity index is 2090. The van der Waals surface area contributed by atoms with Gasteiger partial charge in [-0.3, -0.25) is 57.7 Å². The molecule has 0 saturated carbocycles. The Morgan fingerprint density at radius 3 is 1.16 bits per heavy atom. The van der Waals surface area contributed by atoms with E-state index < -0.39 is 170 Å². The molecule has 0 aliphatic heterocycles. The number of unbranched alkanes of at least 4 members (excludes halogenated alkanes) is 3. The molecule has 0 aromatic carbocycles. The Morgan fingerprint density at radius 2 is 0.778 bits per heavy atom. The Morgan fingerprint density at radius 1 is 0.432 bits per heavy atom.